The average molecular weight is 296 g/mol. The summed E-state index contributed by atoms with van der Waals surface area (Å²) in [7, 11) is 0. The fraction of sp³-hybridized carbons (Fsp3) is 0.538. The fourth-order valence-electron chi connectivity index (χ4n) is 1.71. The van der Waals surface area contributed by atoms with Crippen molar-refractivity contribution >= 4 is 17.8 Å². The number of nitrogens with one attached hydrogen (secondary N) is 2. The molecule has 1 rings (SSSR count). The molecule has 1 aromatic rings. The van der Waals surface area contributed by atoms with E-state index in [1.807, 2.05) is 13.8 Å². The van der Waals surface area contributed by atoms with Gasteiger partial charge < -0.3 is 15.7 Å². The first-order chi connectivity index (χ1) is 9.88. The Labute approximate surface area is 122 Å². The predicted octanol–water partition coefficient (Wildman–Crippen LogP) is -0.385. The second kappa shape index (κ2) is 8.03. The molecule has 1 aromatic heterocycles. The summed E-state index contributed by atoms with van der Waals surface area (Å²) in [5.41, 5.74) is 0. The normalized spacial score (nSPS) is 12.0. The monoisotopic (exact) mass is 296 g/mol. The van der Waals surface area contributed by atoms with Crippen LogP contribution in [-0.4, -0.2) is 45.3 Å². The van der Waals surface area contributed by atoms with E-state index in [0.717, 1.165) is 0 Å². The summed E-state index contributed by atoms with van der Waals surface area (Å²) in [4.78, 5) is 34.2. The minimum absolute atomic E-state index is 0.00856. The lowest BCUT2D eigenvalue weighted by Crippen LogP contribution is -2.46. The maximum absolute atomic E-state index is 11.6. The van der Waals surface area contributed by atoms with E-state index >= 15 is 0 Å². The van der Waals surface area contributed by atoms with Gasteiger partial charge in [0.05, 0.1) is 6.54 Å². The van der Waals surface area contributed by atoms with Crippen LogP contribution in [0.1, 0.15) is 20.3 Å². The molecule has 8 heteroatoms. The van der Waals surface area contributed by atoms with Crippen molar-refractivity contribution in [2.24, 2.45) is 5.92 Å². The number of carbonyl (C=O) groups excluding carboxylic acids is 2. The summed E-state index contributed by atoms with van der Waals surface area (Å²) in [6.07, 6.45) is 3.51. The highest BCUT2D eigenvalue weighted by Gasteiger charge is 2.21. The van der Waals surface area contributed by atoms with Crippen LogP contribution in [0.3, 0.4) is 0 Å². The van der Waals surface area contributed by atoms with Crippen LogP contribution in [0.4, 0.5) is 0 Å². The van der Waals surface area contributed by atoms with Gasteiger partial charge in [-0.3, -0.25) is 14.3 Å². The Hall–Kier alpha value is -2.38. The molecule has 0 aromatic carbocycles. The summed E-state index contributed by atoms with van der Waals surface area (Å²) < 4.78 is 1.42. The van der Waals surface area contributed by atoms with Crippen LogP contribution >= 0.6 is 0 Å². The number of aromatic nitrogens is 2. The molecule has 0 aliphatic rings. The Bertz CT molecular complexity index is 484. The van der Waals surface area contributed by atoms with E-state index in [1.165, 1.54) is 4.68 Å². The summed E-state index contributed by atoms with van der Waals surface area (Å²) in [5.74, 6) is -1.85. The maximum atomic E-state index is 11.6. The third-order valence-electron chi connectivity index (χ3n) is 2.65. The third kappa shape index (κ3) is 6.55. The van der Waals surface area contributed by atoms with Gasteiger partial charge in [0.1, 0.15) is 12.6 Å². The fourth-order valence-corrected chi connectivity index (χ4v) is 1.71. The minimum Gasteiger partial charge on any atom is -0.480 e. The van der Waals surface area contributed by atoms with Crippen molar-refractivity contribution in [3.8, 4) is 0 Å². The lowest BCUT2D eigenvalue weighted by molar-refractivity contribution is -0.142. The van der Waals surface area contributed by atoms with Crippen molar-refractivity contribution in [3.05, 3.63) is 18.5 Å². The van der Waals surface area contributed by atoms with Crippen molar-refractivity contribution in [3.63, 3.8) is 0 Å². The molecule has 1 heterocycles. The molecule has 0 aliphatic carbocycles. The zero-order valence-corrected chi connectivity index (χ0v) is 12.1. The van der Waals surface area contributed by atoms with Crippen molar-refractivity contribution in [1.82, 2.24) is 20.4 Å². The molecule has 0 unspecified atom stereocenters. The van der Waals surface area contributed by atoms with Gasteiger partial charge >= 0.3 is 5.97 Å². The summed E-state index contributed by atoms with van der Waals surface area (Å²) in [6, 6.07) is 0.740. The molecule has 0 bridgehead atoms. The maximum Gasteiger partial charge on any atom is 0.326 e. The quantitative estimate of drug-likeness (QED) is 0.605. The molecule has 0 saturated carbocycles. The molecule has 3 N–H and O–H groups in total. The van der Waals surface area contributed by atoms with Crippen molar-refractivity contribution in [1.29, 1.82) is 0 Å². The number of rotatable bonds is 8. The Kier molecular flexibility index (Phi) is 6.38. The number of hydrogen-bond acceptors (Lipinski definition) is 4. The van der Waals surface area contributed by atoms with Crippen LogP contribution in [0.2, 0.25) is 0 Å². The van der Waals surface area contributed by atoms with Gasteiger partial charge in [0.2, 0.25) is 11.8 Å². The van der Waals surface area contributed by atoms with E-state index in [2.05, 4.69) is 15.7 Å². The van der Waals surface area contributed by atoms with Crippen LogP contribution < -0.4 is 10.6 Å². The number of hydrogen-bond donors (Lipinski definition) is 3. The van der Waals surface area contributed by atoms with E-state index in [1.54, 1.807) is 18.5 Å². The number of carbonyl (C=O) groups is 3. The summed E-state index contributed by atoms with van der Waals surface area (Å²) >= 11 is 0. The van der Waals surface area contributed by atoms with Gasteiger partial charge in [-0.05, 0) is 18.4 Å². The first kappa shape index (κ1) is 16.7. The highest BCUT2D eigenvalue weighted by Crippen LogP contribution is 2.04. The second-order valence-electron chi connectivity index (χ2n) is 5.07. The largest absolute Gasteiger partial charge is 0.480 e. The van der Waals surface area contributed by atoms with Gasteiger partial charge in [-0.2, -0.15) is 5.10 Å². The first-order valence-electron chi connectivity index (χ1n) is 6.64. The zero-order chi connectivity index (χ0) is 15.8. The van der Waals surface area contributed by atoms with Gasteiger partial charge in [0, 0.05) is 12.4 Å². The molecule has 0 spiro atoms. The van der Waals surface area contributed by atoms with Gasteiger partial charge in [-0.25, -0.2) is 4.79 Å². The first-order valence-corrected chi connectivity index (χ1v) is 6.64. The van der Waals surface area contributed by atoms with Crippen molar-refractivity contribution < 1.29 is 19.5 Å². The smallest absolute Gasteiger partial charge is 0.326 e. The number of nitrogens with zero attached hydrogens (tertiary/aromatic N) is 2. The van der Waals surface area contributed by atoms with Crippen LogP contribution in [0, 0.1) is 5.92 Å². The molecular formula is C13H20N4O4. The van der Waals surface area contributed by atoms with E-state index < -0.39 is 17.9 Å². The Morgan fingerprint density at radius 2 is 2.00 bits per heavy atom. The van der Waals surface area contributed by atoms with E-state index in [0.29, 0.717) is 6.42 Å². The van der Waals surface area contributed by atoms with Gasteiger partial charge in [-0.15, -0.1) is 0 Å². The van der Waals surface area contributed by atoms with Crippen LogP contribution in [0.15, 0.2) is 18.5 Å². The molecule has 8 nitrogen and oxygen atoms in total. The van der Waals surface area contributed by atoms with Crippen molar-refractivity contribution in [2.75, 3.05) is 6.54 Å². The Balaban J connectivity index is 2.35. The van der Waals surface area contributed by atoms with Gasteiger partial charge in [0.15, 0.2) is 0 Å². The number of carboxylic acids is 1. The van der Waals surface area contributed by atoms with Crippen LogP contribution in [-0.2, 0) is 20.9 Å². The Morgan fingerprint density at radius 3 is 2.52 bits per heavy atom. The molecule has 116 valence electrons. The number of aliphatic carboxylic acids is 1. The molecule has 1 atom stereocenters. The highest BCUT2D eigenvalue weighted by atomic mass is 16.4. The average Bonchev–Trinajstić information content (AvgIpc) is 2.87. The molecule has 2 amide bonds. The number of amides is 2. The zero-order valence-electron chi connectivity index (χ0n) is 12.1. The Morgan fingerprint density at radius 1 is 1.29 bits per heavy atom. The molecular weight excluding hydrogens is 276 g/mol. The number of carboxylic acid groups (broad SMARTS) is 1. The van der Waals surface area contributed by atoms with E-state index in [9.17, 15) is 14.4 Å². The van der Waals surface area contributed by atoms with Crippen LogP contribution in [0.5, 0.6) is 0 Å². The summed E-state index contributed by atoms with van der Waals surface area (Å²) in [6.45, 7) is 3.48. The molecule has 0 aliphatic heterocycles. The van der Waals surface area contributed by atoms with E-state index in [4.69, 9.17) is 5.11 Å². The standard InChI is InChI=1S/C13H20N4O4/c1-9(2)6-10(13(20)21)16-11(18)7-14-12(19)8-17-5-3-4-15-17/h3-5,9-10H,6-8H2,1-2H3,(H,14,19)(H,16,18)(H,20,21)/t10-/m0/s1. The third-order valence-corrected chi connectivity index (χ3v) is 2.65. The lowest BCUT2D eigenvalue weighted by atomic mass is 10.0. The van der Waals surface area contributed by atoms with Gasteiger partial charge in [0.25, 0.3) is 0 Å². The minimum atomic E-state index is -1.08. The molecule has 21 heavy (non-hydrogen) atoms. The summed E-state index contributed by atoms with van der Waals surface area (Å²) in [5, 5.41) is 17.7. The molecule has 0 saturated heterocycles. The van der Waals surface area contributed by atoms with E-state index in [-0.39, 0.29) is 24.9 Å². The topological polar surface area (TPSA) is 113 Å². The van der Waals surface area contributed by atoms with Gasteiger partial charge in [-0.1, -0.05) is 13.8 Å². The highest BCUT2D eigenvalue weighted by molar-refractivity contribution is 5.87. The van der Waals surface area contributed by atoms with Crippen LogP contribution in [0.25, 0.3) is 0 Å². The molecule has 0 radical (unpaired) electrons. The van der Waals surface area contributed by atoms with Crippen molar-refractivity contribution in [2.45, 2.75) is 32.9 Å². The lowest BCUT2D eigenvalue weighted by Gasteiger charge is -2.16. The second-order valence-corrected chi connectivity index (χ2v) is 5.07. The molecule has 0 fully saturated rings. The predicted molar refractivity (Wildman–Crippen MR) is 74.3 cm³/mol. The SMILES string of the molecule is CC(C)C[C@H](NC(=O)CNC(=O)Cn1cccn1)C(=O)O.